The summed E-state index contributed by atoms with van der Waals surface area (Å²) in [6.45, 7) is 10.4. The number of hydrogen-bond acceptors (Lipinski definition) is 6. The number of aryl methyl sites for hydroxylation is 1. The lowest BCUT2D eigenvalue weighted by Crippen LogP contribution is -2.51. The van der Waals surface area contributed by atoms with E-state index in [1.54, 1.807) is 11.6 Å². The molecule has 1 aliphatic heterocycles. The smallest absolute Gasteiger partial charge is 0.363 e. The highest BCUT2D eigenvalue weighted by molar-refractivity contribution is 5.52. The highest BCUT2D eigenvalue weighted by Crippen LogP contribution is 2.21. The third-order valence-corrected chi connectivity index (χ3v) is 4.13. The number of likely N-dealkylation sites (N-methyl/N-ethyl adjacent to an activating group) is 1. The Balaban J connectivity index is 1.88. The molecule has 0 radical (unpaired) electrons. The first-order valence-electron chi connectivity index (χ1n) is 7.39. The summed E-state index contributed by atoms with van der Waals surface area (Å²) in [7, 11) is 1.76. The highest BCUT2D eigenvalue weighted by Gasteiger charge is 2.23. The lowest BCUT2D eigenvalue weighted by atomic mass is 10.2. The van der Waals surface area contributed by atoms with Crippen molar-refractivity contribution in [1.29, 1.82) is 0 Å². The largest absolute Gasteiger partial charge is 0.406 e. The maximum Gasteiger partial charge on any atom is 0.406 e. The minimum Gasteiger partial charge on any atom is -0.363 e. The van der Waals surface area contributed by atoms with Crippen molar-refractivity contribution >= 4 is 11.6 Å². The zero-order chi connectivity index (χ0) is 15.4. The molecule has 0 amide bonds. The van der Waals surface area contributed by atoms with Crippen molar-refractivity contribution in [2.75, 3.05) is 44.6 Å². The Kier molecular flexibility index (Phi) is 5.13. The van der Waals surface area contributed by atoms with Gasteiger partial charge in [-0.05, 0) is 23.4 Å². The Morgan fingerprint density at radius 3 is 2.67 bits per heavy atom. The van der Waals surface area contributed by atoms with Crippen LogP contribution >= 0.6 is 0 Å². The van der Waals surface area contributed by atoms with Crippen LogP contribution in [-0.4, -0.2) is 69.6 Å². The molecule has 2 rings (SSSR count). The number of piperazine rings is 1. The van der Waals surface area contributed by atoms with E-state index in [1.165, 1.54) is 6.33 Å². The fourth-order valence-electron chi connectivity index (χ4n) is 2.65. The van der Waals surface area contributed by atoms with Crippen LogP contribution in [0.2, 0.25) is 0 Å². The second kappa shape index (κ2) is 6.86. The van der Waals surface area contributed by atoms with Crippen molar-refractivity contribution in [3.63, 3.8) is 0 Å². The molecule has 1 aromatic rings. The van der Waals surface area contributed by atoms with E-state index in [4.69, 9.17) is 0 Å². The van der Waals surface area contributed by atoms with Gasteiger partial charge in [0, 0.05) is 45.8 Å². The quantitative estimate of drug-likeness (QED) is 0.617. The SMILES string of the molecule is CCN1CCN(C(C)CNc2c([N+](=O)[O-])ncn2C)CC1. The Bertz CT molecular complexity index is 481. The summed E-state index contributed by atoms with van der Waals surface area (Å²) in [5.41, 5.74) is 0. The van der Waals surface area contributed by atoms with Gasteiger partial charge in [-0.2, -0.15) is 0 Å². The third kappa shape index (κ3) is 3.70. The topological polar surface area (TPSA) is 79.5 Å². The van der Waals surface area contributed by atoms with Crippen LogP contribution < -0.4 is 5.32 Å². The predicted octanol–water partition coefficient (Wildman–Crippen LogP) is 0.766. The molecule has 21 heavy (non-hydrogen) atoms. The molecule has 1 aromatic heterocycles. The molecule has 1 saturated heterocycles. The first-order valence-corrected chi connectivity index (χ1v) is 7.39. The summed E-state index contributed by atoms with van der Waals surface area (Å²) >= 11 is 0. The van der Waals surface area contributed by atoms with E-state index in [0.29, 0.717) is 18.4 Å². The van der Waals surface area contributed by atoms with Crippen molar-refractivity contribution in [1.82, 2.24) is 19.4 Å². The maximum atomic E-state index is 10.9. The van der Waals surface area contributed by atoms with Gasteiger partial charge in [-0.1, -0.05) is 6.92 Å². The van der Waals surface area contributed by atoms with E-state index in [0.717, 1.165) is 32.7 Å². The van der Waals surface area contributed by atoms with E-state index < -0.39 is 4.92 Å². The number of nitrogens with one attached hydrogen (secondary N) is 1. The number of imidazole rings is 1. The highest BCUT2D eigenvalue weighted by atomic mass is 16.6. The minimum atomic E-state index is -0.451. The third-order valence-electron chi connectivity index (χ3n) is 4.13. The van der Waals surface area contributed by atoms with Crippen LogP contribution in [0.3, 0.4) is 0 Å². The molecule has 2 heterocycles. The zero-order valence-corrected chi connectivity index (χ0v) is 12.9. The molecule has 8 nitrogen and oxygen atoms in total. The second-order valence-corrected chi connectivity index (χ2v) is 5.48. The molecule has 0 saturated carbocycles. The van der Waals surface area contributed by atoms with Gasteiger partial charge in [-0.15, -0.1) is 0 Å². The lowest BCUT2D eigenvalue weighted by molar-refractivity contribution is -0.388. The van der Waals surface area contributed by atoms with Gasteiger partial charge in [0.25, 0.3) is 0 Å². The molecule has 0 aliphatic carbocycles. The van der Waals surface area contributed by atoms with Gasteiger partial charge in [-0.3, -0.25) is 9.47 Å². The van der Waals surface area contributed by atoms with Gasteiger partial charge in [0.15, 0.2) is 0 Å². The molecule has 0 bridgehead atoms. The fourth-order valence-corrected chi connectivity index (χ4v) is 2.65. The van der Waals surface area contributed by atoms with Gasteiger partial charge >= 0.3 is 5.82 Å². The normalized spacial score (nSPS) is 18.6. The van der Waals surface area contributed by atoms with Crippen molar-refractivity contribution < 1.29 is 4.92 Å². The zero-order valence-electron chi connectivity index (χ0n) is 12.9. The van der Waals surface area contributed by atoms with Crippen molar-refractivity contribution in [3.8, 4) is 0 Å². The molecular weight excluding hydrogens is 272 g/mol. The van der Waals surface area contributed by atoms with Crippen molar-refractivity contribution in [3.05, 3.63) is 16.4 Å². The molecular formula is C13H24N6O2. The van der Waals surface area contributed by atoms with Crippen molar-refractivity contribution in [2.45, 2.75) is 19.9 Å². The van der Waals surface area contributed by atoms with E-state index in [1.807, 2.05) is 0 Å². The number of hydrogen-bond donors (Lipinski definition) is 1. The standard InChI is InChI=1S/C13H24N6O2/c1-4-17-5-7-18(8-6-17)11(2)9-14-12-13(19(20)21)15-10-16(12)3/h10-11,14H,4-9H2,1-3H3. The number of anilines is 1. The van der Waals surface area contributed by atoms with Crippen LogP contribution in [0.5, 0.6) is 0 Å². The second-order valence-electron chi connectivity index (χ2n) is 5.48. The summed E-state index contributed by atoms with van der Waals surface area (Å²) in [5.74, 6) is 0.361. The summed E-state index contributed by atoms with van der Waals surface area (Å²) < 4.78 is 1.65. The summed E-state index contributed by atoms with van der Waals surface area (Å²) in [5, 5.41) is 14.1. The Morgan fingerprint density at radius 1 is 1.43 bits per heavy atom. The molecule has 1 aliphatic rings. The Hall–Kier alpha value is -1.67. The van der Waals surface area contributed by atoms with E-state index >= 15 is 0 Å². The van der Waals surface area contributed by atoms with Gasteiger partial charge in [0.05, 0.1) is 0 Å². The lowest BCUT2D eigenvalue weighted by Gasteiger charge is -2.37. The minimum absolute atomic E-state index is 0.111. The van der Waals surface area contributed by atoms with E-state index in [9.17, 15) is 10.1 Å². The molecule has 8 heteroatoms. The van der Waals surface area contributed by atoms with Gasteiger partial charge in [0.1, 0.15) is 0 Å². The van der Waals surface area contributed by atoms with E-state index in [-0.39, 0.29) is 5.82 Å². The number of rotatable bonds is 6. The molecule has 1 unspecified atom stereocenters. The molecule has 0 aromatic carbocycles. The number of nitrogens with zero attached hydrogens (tertiary/aromatic N) is 5. The van der Waals surface area contributed by atoms with Crippen molar-refractivity contribution in [2.24, 2.45) is 7.05 Å². The summed E-state index contributed by atoms with van der Waals surface area (Å²) in [6.07, 6.45) is 1.46. The first-order chi connectivity index (χ1) is 10.0. The van der Waals surface area contributed by atoms with Gasteiger partial charge in [-0.25, -0.2) is 0 Å². The van der Waals surface area contributed by atoms with Crippen LogP contribution in [0.1, 0.15) is 13.8 Å². The average molecular weight is 296 g/mol. The molecule has 1 atom stereocenters. The predicted molar refractivity (Wildman–Crippen MR) is 81.5 cm³/mol. The van der Waals surface area contributed by atoms with E-state index in [2.05, 4.69) is 33.9 Å². The number of nitro groups is 1. The van der Waals surface area contributed by atoms with Crippen LogP contribution in [-0.2, 0) is 7.05 Å². The van der Waals surface area contributed by atoms with Gasteiger partial charge in [0.2, 0.25) is 12.1 Å². The van der Waals surface area contributed by atoms with Crippen LogP contribution in [0.15, 0.2) is 6.33 Å². The summed E-state index contributed by atoms with van der Waals surface area (Å²) in [6, 6.07) is 0.332. The first kappa shape index (κ1) is 15.7. The van der Waals surface area contributed by atoms with Crippen LogP contribution in [0, 0.1) is 10.1 Å². The molecule has 1 fully saturated rings. The average Bonchev–Trinajstić information content (AvgIpc) is 2.86. The molecule has 118 valence electrons. The number of aromatic nitrogens is 2. The Morgan fingerprint density at radius 2 is 2.10 bits per heavy atom. The fraction of sp³-hybridized carbons (Fsp3) is 0.769. The Labute approximate surface area is 124 Å². The summed E-state index contributed by atoms with van der Waals surface area (Å²) in [4.78, 5) is 19.1. The maximum absolute atomic E-state index is 10.9. The van der Waals surface area contributed by atoms with Crippen LogP contribution in [0.4, 0.5) is 11.6 Å². The monoisotopic (exact) mass is 296 g/mol. The molecule has 1 N–H and O–H groups in total. The molecule has 0 spiro atoms. The van der Waals surface area contributed by atoms with Crippen LogP contribution in [0.25, 0.3) is 0 Å². The van der Waals surface area contributed by atoms with Gasteiger partial charge < -0.3 is 20.3 Å².